The summed E-state index contributed by atoms with van der Waals surface area (Å²) >= 11 is 0. The summed E-state index contributed by atoms with van der Waals surface area (Å²) in [6.07, 6.45) is 2.25. The van der Waals surface area contributed by atoms with E-state index in [1.54, 1.807) is 69.3 Å². The van der Waals surface area contributed by atoms with Crippen molar-refractivity contribution in [2.75, 3.05) is 32.7 Å². The Balaban J connectivity index is 0.000000481. The first kappa shape index (κ1) is 61.4. The smallest absolute Gasteiger partial charge is 0.407 e. The number of imide groups is 1. The molecule has 5 amide bonds. The molecule has 0 saturated carbocycles. The standard InChI is InChI=1S/C16H24N2O4.C13H13NO5.C11H17N2O5P.C7H15NO2/c1-16(2,3)22-15(21)18-11-10-17-14(20)9-6-12-4-7-13(19)8-5-12;15-10-4-1-9(2-5-10)3-8-13(18)19-14-11(16)6-7-12(14)17;12-7-8-13-11(14)6-3-9-1-4-10(5-2-9)18-19(15,16)17;1-7(2,3)10-6(9)4-5-8/h4-5,7-8,19H,6,9-11H2,1-3H3,(H,17,20)(H,18,21);1-2,4-5,15H,3,6-8H2;1-2,4-5H,3,6-8,12H2,(H,13,14)(H2,15,16,17);4-5,8H2,1-3H3/p-1. The molecule has 1 aliphatic heterocycles. The maximum atomic E-state index is 11.7. The third-order valence-corrected chi connectivity index (χ3v) is 8.91. The first-order valence-corrected chi connectivity index (χ1v) is 23.7. The molecule has 388 valence electrons. The fourth-order valence-corrected chi connectivity index (χ4v) is 5.71. The average molecular weight is 1000 g/mol. The molecule has 1 unspecified atom stereocenters. The Bertz CT molecular complexity index is 2140. The van der Waals surface area contributed by atoms with Crippen LogP contribution in [0, 0.1) is 0 Å². The molecule has 0 aliphatic carbocycles. The summed E-state index contributed by atoms with van der Waals surface area (Å²) in [5.74, 6) is -1.61. The molecule has 10 N–H and O–H groups in total. The van der Waals surface area contributed by atoms with Crippen molar-refractivity contribution >= 4 is 49.5 Å². The highest BCUT2D eigenvalue weighted by Gasteiger charge is 2.32. The highest BCUT2D eigenvalue weighted by Crippen LogP contribution is 2.33. The zero-order valence-electron chi connectivity index (χ0n) is 40.5. The van der Waals surface area contributed by atoms with Crippen LogP contribution in [-0.2, 0) is 66.9 Å². The number of esters is 1. The van der Waals surface area contributed by atoms with E-state index in [4.69, 9.17) is 40.9 Å². The number of phenolic OH excluding ortho intramolecular Hbond substituents is 2. The summed E-state index contributed by atoms with van der Waals surface area (Å²) in [6.45, 7) is 12.7. The third kappa shape index (κ3) is 31.5. The zero-order chi connectivity index (χ0) is 52.9. The summed E-state index contributed by atoms with van der Waals surface area (Å²) in [7, 11) is -4.77. The van der Waals surface area contributed by atoms with Crippen LogP contribution in [0.4, 0.5) is 4.79 Å². The van der Waals surface area contributed by atoms with Gasteiger partial charge in [-0.2, -0.15) is 0 Å². The van der Waals surface area contributed by atoms with Crippen LogP contribution in [0.5, 0.6) is 17.2 Å². The number of aromatic hydroxyl groups is 2. The fraction of sp³-hybridized carbons (Fsp3) is 0.468. The lowest BCUT2D eigenvalue weighted by atomic mass is 10.1. The summed E-state index contributed by atoms with van der Waals surface area (Å²) < 4.78 is 24.8. The lowest BCUT2D eigenvalue weighted by molar-refractivity contribution is -0.211. The van der Waals surface area contributed by atoms with E-state index in [0.717, 1.165) is 16.7 Å². The Morgan fingerprint density at radius 3 is 1.44 bits per heavy atom. The van der Waals surface area contributed by atoms with Crippen molar-refractivity contribution in [1.82, 2.24) is 21.0 Å². The van der Waals surface area contributed by atoms with Gasteiger partial charge >= 0.3 is 25.9 Å². The molecular weight excluding hydrogens is 936 g/mol. The molecule has 1 heterocycles. The highest BCUT2D eigenvalue weighted by molar-refractivity contribution is 7.45. The molecule has 1 saturated heterocycles. The van der Waals surface area contributed by atoms with Gasteiger partial charge in [0.05, 0.1) is 12.8 Å². The number of carbonyl (C=O) groups is 7. The van der Waals surface area contributed by atoms with Gasteiger partial charge < -0.3 is 66.3 Å². The maximum absolute atomic E-state index is 11.7. The van der Waals surface area contributed by atoms with Crippen molar-refractivity contribution in [1.29, 1.82) is 0 Å². The van der Waals surface area contributed by atoms with Crippen LogP contribution in [0.15, 0.2) is 72.8 Å². The van der Waals surface area contributed by atoms with Gasteiger partial charge in [0.1, 0.15) is 28.5 Å². The minimum Gasteiger partial charge on any atom is -0.746 e. The largest absolute Gasteiger partial charge is 0.746 e. The number of ether oxygens (including phenoxy) is 2. The molecule has 0 spiro atoms. The van der Waals surface area contributed by atoms with Crippen molar-refractivity contribution in [3.63, 3.8) is 0 Å². The quantitative estimate of drug-likeness (QED) is 0.0370. The molecule has 23 heteroatoms. The summed E-state index contributed by atoms with van der Waals surface area (Å²) in [4.78, 5) is 103. The number of hydroxylamine groups is 2. The number of nitrogens with zero attached hydrogens (tertiary/aromatic N) is 1. The molecular formula is C47H68N6O16P-. The van der Waals surface area contributed by atoms with Gasteiger partial charge in [-0.1, -0.05) is 36.4 Å². The molecule has 22 nitrogen and oxygen atoms in total. The van der Waals surface area contributed by atoms with Gasteiger partial charge in [-0.15, -0.1) is 5.06 Å². The number of phosphoric ester groups is 1. The SMILES string of the molecule is CC(C)(C)OC(=O)CCN.CC(C)(C)OC(=O)NCCNC(=O)CCc1ccc(O)cc1.NCCNC(=O)CCc1ccc(OP(=O)([O-])O)cc1.O=C(CCc1ccc(O)cc1)ON1C(=O)CCC1=O. The van der Waals surface area contributed by atoms with E-state index in [2.05, 4.69) is 20.5 Å². The number of alkyl carbamates (subject to hydrolysis) is 1. The number of phosphoric acid groups is 1. The van der Waals surface area contributed by atoms with Crippen LogP contribution in [0.25, 0.3) is 0 Å². The van der Waals surface area contributed by atoms with Crippen LogP contribution in [0.1, 0.15) is 96.8 Å². The highest BCUT2D eigenvalue weighted by atomic mass is 31.2. The Morgan fingerprint density at radius 1 is 0.614 bits per heavy atom. The number of rotatable bonds is 19. The minimum atomic E-state index is -4.77. The molecule has 1 aliphatic rings. The average Bonchev–Trinajstić information content (AvgIpc) is 3.57. The van der Waals surface area contributed by atoms with Gasteiger partial charge in [-0.25, -0.2) is 9.59 Å². The first-order valence-electron chi connectivity index (χ1n) is 22.3. The monoisotopic (exact) mass is 1000 g/mol. The number of benzene rings is 3. The van der Waals surface area contributed by atoms with Crippen molar-refractivity contribution in [3.05, 3.63) is 89.5 Å². The summed E-state index contributed by atoms with van der Waals surface area (Å²) in [5.41, 5.74) is 12.2. The molecule has 0 radical (unpaired) electrons. The van der Waals surface area contributed by atoms with Gasteiger partial charge in [0.25, 0.3) is 11.8 Å². The van der Waals surface area contributed by atoms with E-state index in [9.17, 15) is 43.0 Å². The zero-order valence-corrected chi connectivity index (χ0v) is 41.4. The molecule has 1 atom stereocenters. The first-order chi connectivity index (χ1) is 32.7. The molecule has 4 rings (SSSR count). The van der Waals surface area contributed by atoms with Crippen molar-refractivity contribution in [3.8, 4) is 17.2 Å². The van der Waals surface area contributed by atoms with E-state index in [0.29, 0.717) is 76.3 Å². The van der Waals surface area contributed by atoms with Gasteiger partial charge in [0.15, 0.2) is 0 Å². The van der Waals surface area contributed by atoms with Gasteiger partial charge in [0, 0.05) is 58.4 Å². The normalized spacial score (nSPS) is 12.7. The van der Waals surface area contributed by atoms with E-state index >= 15 is 0 Å². The van der Waals surface area contributed by atoms with Crippen molar-refractivity contribution in [2.45, 2.75) is 111 Å². The number of nitrogens with one attached hydrogen (secondary N) is 3. The number of hydrogen-bond acceptors (Lipinski definition) is 17. The second-order valence-corrected chi connectivity index (χ2v) is 18.2. The van der Waals surface area contributed by atoms with Gasteiger partial charge in [-0.3, -0.25) is 28.5 Å². The minimum absolute atomic E-state index is 0.0252. The van der Waals surface area contributed by atoms with Gasteiger partial charge in [0.2, 0.25) is 11.8 Å². The Labute approximate surface area is 407 Å². The van der Waals surface area contributed by atoms with Crippen LogP contribution < -0.4 is 36.8 Å². The predicted molar refractivity (Wildman–Crippen MR) is 254 cm³/mol. The number of amides is 5. The van der Waals surface area contributed by atoms with E-state index in [1.165, 1.54) is 24.3 Å². The number of aryl methyl sites for hydroxylation is 3. The second kappa shape index (κ2) is 31.5. The maximum Gasteiger partial charge on any atom is 0.407 e. The Kier molecular flexibility index (Phi) is 27.7. The molecule has 3 aromatic rings. The fourth-order valence-electron chi connectivity index (χ4n) is 5.32. The van der Waals surface area contributed by atoms with Crippen LogP contribution in [-0.4, -0.2) is 106 Å². The van der Waals surface area contributed by atoms with E-state index < -0.39 is 37.3 Å². The van der Waals surface area contributed by atoms with Crippen LogP contribution in [0.2, 0.25) is 0 Å². The third-order valence-electron chi connectivity index (χ3n) is 8.47. The van der Waals surface area contributed by atoms with Crippen LogP contribution in [0.3, 0.4) is 0 Å². The predicted octanol–water partition coefficient (Wildman–Crippen LogP) is 3.11. The Hall–Kier alpha value is -6.58. The second-order valence-electron chi connectivity index (χ2n) is 17.1. The van der Waals surface area contributed by atoms with Crippen molar-refractivity contribution in [2.24, 2.45) is 11.5 Å². The lowest BCUT2D eigenvalue weighted by Crippen LogP contribution is -2.37. The number of phenols is 2. The Morgan fingerprint density at radius 2 is 1.03 bits per heavy atom. The summed E-state index contributed by atoms with van der Waals surface area (Å²) in [6, 6.07) is 19.3. The van der Waals surface area contributed by atoms with E-state index in [1.807, 2.05) is 20.8 Å². The lowest BCUT2D eigenvalue weighted by Gasteiger charge is -2.19. The topological polar surface area (TPSA) is 349 Å². The number of nitrogens with two attached hydrogens (primary N) is 2. The number of carbonyl (C=O) groups excluding carboxylic acids is 7. The molecule has 0 aromatic heterocycles. The van der Waals surface area contributed by atoms with Gasteiger partial charge in [-0.05, 0) is 114 Å². The number of hydrogen-bond donors (Lipinski definition) is 8. The molecule has 0 bridgehead atoms. The van der Waals surface area contributed by atoms with Crippen LogP contribution >= 0.6 is 7.82 Å². The summed E-state index contributed by atoms with van der Waals surface area (Å²) in [5, 5.41) is 26.8. The van der Waals surface area contributed by atoms with E-state index in [-0.39, 0.29) is 59.9 Å². The molecule has 1 fully saturated rings. The van der Waals surface area contributed by atoms with Crippen molar-refractivity contribution < 1.29 is 77.0 Å². The molecule has 3 aromatic carbocycles. The molecule has 70 heavy (non-hydrogen) atoms.